The van der Waals surface area contributed by atoms with Crippen LogP contribution in [0.5, 0.6) is 0 Å². The van der Waals surface area contributed by atoms with Crippen molar-refractivity contribution in [1.82, 2.24) is 5.32 Å². The van der Waals surface area contributed by atoms with E-state index in [1.165, 1.54) is 4.31 Å². The fraction of sp³-hybridized carbons (Fsp3) is 0.350. The van der Waals surface area contributed by atoms with Gasteiger partial charge in [0.1, 0.15) is 6.54 Å². The summed E-state index contributed by atoms with van der Waals surface area (Å²) >= 11 is 0. The minimum atomic E-state index is -3.86. The summed E-state index contributed by atoms with van der Waals surface area (Å²) in [6.07, 6.45) is 0.778. The molecule has 6 heteroatoms. The van der Waals surface area contributed by atoms with Crippen LogP contribution in [0.25, 0.3) is 0 Å². The third kappa shape index (κ3) is 4.43. The molecule has 2 rings (SSSR count). The van der Waals surface area contributed by atoms with Gasteiger partial charge in [-0.2, -0.15) is 0 Å². The highest BCUT2D eigenvalue weighted by Crippen LogP contribution is 2.28. The van der Waals surface area contributed by atoms with Crippen LogP contribution in [0, 0.1) is 13.8 Å². The molecule has 1 amide bonds. The Morgan fingerprint density at radius 2 is 1.73 bits per heavy atom. The minimum absolute atomic E-state index is 0.0117. The van der Waals surface area contributed by atoms with E-state index < -0.39 is 10.0 Å². The topological polar surface area (TPSA) is 66.5 Å². The zero-order valence-electron chi connectivity index (χ0n) is 15.7. The number of amides is 1. The summed E-state index contributed by atoms with van der Waals surface area (Å²) in [6.45, 7) is 7.39. The van der Waals surface area contributed by atoms with Crippen LogP contribution in [0.1, 0.15) is 31.4 Å². The van der Waals surface area contributed by atoms with E-state index in [2.05, 4.69) is 5.32 Å². The van der Waals surface area contributed by atoms with Crippen molar-refractivity contribution in [3.8, 4) is 0 Å². The van der Waals surface area contributed by atoms with Crippen molar-refractivity contribution in [2.24, 2.45) is 0 Å². The Morgan fingerprint density at radius 3 is 2.35 bits per heavy atom. The third-order valence-electron chi connectivity index (χ3n) is 4.48. The number of nitrogens with zero attached hydrogens (tertiary/aromatic N) is 1. The van der Waals surface area contributed by atoms with Crippen molar-refractivity contribution in [1.29, 1.82) is 0 Å². The molecular formula is C20H26N2O3S. The van der Waals surface area contributed by atoms with E-state index in [1.54, 1.807) is 42.5 Å². The first-order valence-electron chi connectivity index (χ1n) is 8.70. The van der Waals surface area contributed by atoms with Crippen molar-refractivity contribution in [3.05, 3.63) is 59.7 Å². The number of hydrogen-bond acceptors (Lipinski definition) is 3. The quantitative estimate of drug-likeness (QED) is 0.808. The number of carbonyl (C=O) groups is 1. The van der Waals surface area contributed by atoms with Crippen LogP contribution in [0.3, 0.4) is 0 Å². The van der Waals surface area contributed by atoms with Crippen LogP contribution in [0.4, 0.5) is 5.69 Å². The Bertz CT molecular complexity index is 864. The number of rotatable bonds is 7. The normalized spacial score (nSPS) is 12.5. The molecule has 26 heavy (non-hydrogen) atoms. The molecule has 0 heterocycles. The summed E-state index contributed by atoms with van der Waals surface area (Å²) < 4.78 is 27.7. The third-order valence-corrected chi connectivity index (χ3v) is 6.26. The zero-order valence-corrected chi connectivity index (χ0v) is 16.5. The van der Waals surface area contributed by atoms with E-state index in [9.17, 15) is 13.2 Å². The number of benzene rings is 2. The van der Waals surface area contributed by atoms with E-state index in [0.29, 0.717) is 5.69 Å². The van der Waals surface area contributed by atoms with Gasteiger partial charge in [0.05, 0.1) is 10.6 Å². The van der Waals surface area contributed by atoms with Crippen LogP contribution in [0.15, 0.2) is 53.4 Å². The SMILES string of the molecule is CC[C@H](C)NC(=O)CN(c1cccc(C)c1C)S(=O)(=O)c1ccccc1. The summed E-state index contributed by atoms with van der Waals surface area (Å²) in [5.74, 6) is -0.320. The number of nitrogens with one attached hydrogen (secondary N) is 1. The largest absolute Gasteiger partial charge is 0.352 e. The molecule has 0 spiro atoms. The van der Waals surface area contributed by atoms with Gasteiger partial charge < -0.3 is 5.32 Å². The van der Waals surface area contributed by atoms with Gasteiger partial charge >= 0.3 is 0 Å². The molecule has 0 unspecified atom stereocenters. The number of anilines is 1. The fourth-order valence-electron chi connectivity index (χ4n) is 2.58. The van der Waals surface area contributed by atoms with Gasteiger partial charge in [-0.05, 0) is 56.5 Å². The Kier molecular flexibility index (Phi) is 6.42. The smallest absolute Gasteiger partial charge is 0.264 e. The lowest BCUT2D eigenvalue weighted by Gasteiger charge is -2.27. The standard InChI is InChI=1S/C20H26N2O3S/c1-5-16(3)21-20(23)14-22(19-13-9-10-15(2)17(19)4)26(24,25)18-11-7-6-8-12-18/h6-13,16H,5,14H2,1-4H3,(H,21,23)/t16-/m0/s1. The van der Waals surface area contributed by atoms with Gasteiger partial charge in [-0.3, -0.25) is 9.10 Å². The number of aryl methyl sites for hydroxylation is 1. The first-order valence-corrected chi connectivity index (χ1v) is 10.1. The lowest BCUT2D eigenvalue weighted by molar-refractivity contribution is -0.120. The average molecular weight is 375 g/mol. The summed E-state index contributed by atoms with van der Waals surface area (Å²) in [5.41, 5.74) is 2.33. The van der Waals surface area contributed by atoms with Crippen molar-refractivity contribution < 1.29 is 13.2 Å². The molecule has 5 nitrogen and oxygen atoms in total. The van der Waals surface area contributed by atoms with Crippen molar-refractivity contribution in [2.45, 2.75) is 45.1 Å². The summed E-state index contributed by atoms with van der Waals surface area (Å²) in [4.78, 5) is 12.6. The summed E-state index contributed by atoms with van der Waals surface area (Å²) in [7, 11) is -3.86. The van der Waals surface area contributed by atoms with Crippen molar-refractivity contribution in [3.63, 3.8) is 0 Å². The zero-order chi connectivity index (χ0) is 19.3. The Balaban J connectivity index is 2.49. The lowest BCUT2D eigenvalue weighted by atomic mass is 10.1. The second-order valence-electron chi connectivity index (χ2n) is 6.42. The van der Waals surface area contributed by atoms with E-state index in [-0.39, 0.29) is 23.4 Å². The van der Waals surface area contributed by atoms with Gasteiger partial charge in [0.2, 0.25) is 5.91 Å². The second-order valence-corrected chi connectivity index (χ2v) is 8.28. The minimum Gasteiger partial charge on any atom is -0.352 e. The van der Waals surface area contributed by atoms with Gasteiger partial charge in [0.25, 0.3) is 10.0 Å². The summed E-state index contributed by atoms with van der Waals surface area (Å²) in [6, 6.07) is 13.6. The predicted octanol–water partition coefficient (Wildman–Crippen LogP) is 3.41. The van der Waals surface area contributed by atoms with Crippen molar-refractivity contribution in [2.75, 3.05) is 10.8 Å². The molecule has 1 N–H and O–H groups in total. The average Bonchev–Trinajstić information content (AvgIpc) is 2.63. The number of sulfonamides is 1. The van der Waals surface area contributed by atoms with Gasteiger partial charge in [-0.1, -0.05) is 37.3 Å². The van der Waals surface area contributed by atoms with Crippen LogP contribution in [-0.4, -0.2) is 26.9 Å². The predicted molar refractivity (Wildman–Crippen MR) is 105 cm³/mol. The highest BCUT2D eigenvalue weighted by Gasteiger charge is 2.28. The molecule has 0 radical (unpaired) electrons. The number of hydrogen-bond donors (Lipinski definition) is 1. The second kappa shape index (κ2) is 8.36. The lowest BCUT2D eigenvalue weighted by Crippen LogP contribution is -2.43. The van der Waals surface area contributed by atoms with E-state index in [1.807, 2.05) is 33.8 Å². The maximum Gasteiger partial charge on any atom is 0.264 e. The molecule has 0 aliphatic heterocycles. The Labute approximate surface area is 156 Å². The molecule has 0 aliphatic carbocycles. The molecule has 0 saturated heterocycles. The summed E-state index contributed by atoms with van der Waals surface area (Å²) in [5, 5.41) is 2.84. The van der Waals surface area contributed by atoms with E-state index in [0.717, 1.165) is 17.5 Å². The molecule has 0 bridgehead atoms. The van der Waals surface area contributed by atoms with Crippen LogP contribution >= 0.6 is 0 Å². The number of carbonyl (C=O) groups excluding carboxylic acids is 1. The van der Waals surface area contributed by atoms with Gasteiger partial charge in [0, 0.05) is 6.04 Å². The first kappa shape index (κ1) is 20.0. The van der Waals surface area contributed by atoms with Gasteiger partial charge in [0.15, 0.2) is 0 Å². The highest BCUT2D eigenvalue weighted by atomic mass is 32.2. The fourth-order valence-corrected chi connectivity index (χ4v) is 4.08. The van der Waals surface area contributed by atoms with E-state index >= 15 is 0 Å². The maximum absolute atomic E-state index is 13.2. The molecule has 0 fully saturated rings. The van der Waals surface area contributed by atoms with Crippen LogP contribution < -0.4 is 9.62 Å². The molecule has 0 aromatic heterocycles. The first-order chi connectivity index (χ1) is 12.3. The monoisotopic (exact) mass is 374 g/mol. The Hall–Kier alpha value is -2.34. The molecular weight excluding hydrogens is 348 g/mol. The molecule has 140 valence electrons. The van der Waals surface area contributed by atoms with Gasteiger partial charge in [-0.15, -0.1) is 0 Å². The van der Waals surface area contributed by atoms with Crippen LogP contribution in [0.2, 0.25) is 0 Å². The van der Waals surface area contributed by atoms with Gasteiger partial charge in [-0.25, -0.2) is 8.42 Å². The van der Waals surface area contributed by atoms with Crippen LogP contribution in [-0.2, 0) is 14.8 Å². The molecule has 0 saturated carbocycles. The molecule has 2 aromatic rings. The van der Waals surface area contributed by atoms with Crippen molar-refractivity contribution >= 4 is 21.6 Å². The molecule has 0 aliphatic rings. The van der Waals surface area contributed by atoms with E-state index in [4.69, 9.17) is 0 Å². The highest BCUT2D eigenvalue weighted by molar-refractivity contribution is 7.92. The Morgan fingerprint density at radius 1 is 1.08 bits per heavy atom. The molecule has 1 atom stereocenters. The maximum atomic E-state index is 13.2. The molecule has 2 aromatic carbocycles.